The van der Waals surface area contributed by atoms with Gasteiger partial charge in [-0.25, -0.2) is 9.59 Å². The number of ether oxygens (including phenoxy) is 1. The van der Waals surface area contributed by atoms with Crippen molar-refractivity contribution in [2.45, 2.75) is 26.3 Å². The maximum absolute atomic E-state index is 12.0. The highest BCUT2D eigenvalue weighted by Crippen LogP contribution is 2.24. The van der Waals surface area contributed by atoms with Gasteiger partial charge in [-0.15, -0.1) is 0 Å². The first kappa shape index (κ1) is 15.5. The Labute approximate surface area is 116 Å². The van der Waals surface area contributed by atoms with E-state index in [1.807, 2.05) is 6.92 Å². The zero-order chi connectivity index (χ0) is 14.4. The van der Waals surface area contributed by atoms with Gasteiger partial charge in [0.05, 0.1) is 17.7 Å². The molecule has 5 nitrogen and oxygen atoms in total. The van der Waals surface area contributed by atoms with Crippen molar-refractivity contribution in [1.29, 1.82) is 0 Å². The van der Waals surface area contributed by atoms with Crippen molar-refractivity contribution >= 4 is 23.5 Å². The minimum absolute atomic E-state index is 0.0296. The summed E-state index contributed by atoms with van der Waals surface area (Å²) in [5.74, 6) is -1.91. The van der Waals surface area contributed by atoms with Crippen molar-refractivity contribution in [2.75, 3.05) is 6.61 Å². The molecule has 0 amide bonds. The summed E-state index contributed by atoms with van der Waals surface area (Å²) in [5.41, 5.74) is 5.62. The highest BCUT2D eigenvalue weighted by Gasteiger charge is 2.23. The van der Waals surface area contributed by atoms with E-state index in [4.69, 9.17) is 27.2 Å². The van der Waals surface area contributed by atoms with Crippen LogP contribution in [0, 0.1) is 0 Å². The molecule has 6 heteroatoms. The van der Waals surface area contributed by atoms with E-state index in [2.05, 4.69) is 0 Å². The van der Waals surface area contributed by atoms with Crippen LogP contribution in [0.15, 0.2) is 12.1 Å². The first-order valence-corrected chi connectivity index (χ1v) is 6.32. The summed E-state index contributed by atoms with van der Waals surface area (Å²) in [6.45, 7) is 2.17. The number of aromatic carboxylic acids is 1. The third-order valence-electron chi connectivity index (χ3n) is 2.63. The molecule has 1 aromatic carbocycles. The van der Waals surface area contributed by atoms with Gasteiger partial charge in [0.25, 0.3) is 0 Å². The maximum atomic E-state index is 12.0. The van der Waals surface area contributed by atoms with E-state index in [9.17, 15) is 9.59 Å². The minimum Gasteiger partial charge on any atom is -0.478 e. The molecule has 19 heavy (non-hydrogen) atoms. The Hall–Kier alpha value is -1.59. The molecule has 104 valence electrons. The van der Waals surface area contributed by atoms with Gasteiger partial charge in [-0.05, 0) is 24.1 Å². The lowest BCUT2D eigenvalue weighted by Crippen LogP contribution is -2.17. The Balaban J connectivity index is 3.17. The molecular weight excluding hydrogens is 270 g/mol. The summed E-state index contributed by atoms with van der Waals surface area (Å²) in [6, 6.07) is 2.69. The Bertz CT molecular complexity index is 488. The van der Waals surface area contributed by atoms with Gasteiger partial charge in [0.2, 0.25) is 0 Å². The molecular formula is C13H16ClNO4. The van der Waals surface area contributed by atoms with Crippen molar-refractivity contribution in [2.24, 2.45) is 5.73 Å². The zero-order valence-corrected chi connectivity index (χ0v) is 11.4. The molecule has 0 radical (unpaired) electrons. The van der Waals surface area contributed by atoms with Gasteiger partial charge >= 0.3 is 11.9 Å². The van der Waals surface area contributed by atoms with Crippen LogP contribution in [-0.2, 0) is 11.3 Å². The fraction of sp³-hybridized carbons (Fsp3) is 0.385. The average Bonchev–Trinajstić information content (AvgIpc) is 2.38. The van der Waals surface area contributed by atoms with Crippen molar-refractivity contribution in [1.82, 2.24) is 0 Å². The molecule has 0 aliphatic heterocycles. The number of carbonyl (C=O) groups is 2. The lowest BCUT2D eigenvalue weighted by molar-refractivity contribution is 0.0488. The summed E-state index contributed by atoms with van der Waals surface area (Å²) in [7, 11) is 0. The molecule has 1 aromatic rings. The Kier molecular flexibility index (Phi) is 5.79. The van der Waals surface area contributed by atoms with Gasteiger partial charge in [0.15, 0.2) is 0 Å². The molecule has 0 atom stereocenters. The van der Waals surface area contributed by atoms with E-state index < -0.39 is 11.9 Å². The topological polar surface area (TPSA) is 89.6 Å². The SMILES string of the molecule is CCCCOC(=O)c1c(C(=O)O)ccc(Cl)c1CN. The van der Waals surface area contributed by atoms with Gasteiger partial charge in [0, 0.05) is 11.6 Å². The van der Waals surface area contributed by atoms with Crippen LogP contribution < -0.4 is 5.73 Å². The number of carboxylic acids is 1. The van der Waals surface area contributed by atoms with Crippen LogP contribution in [0.3, 0.4) is 0 Å². The molecule has 3 N–H and O–H groups in total. The largest absolute Gasteiger partial charge is 0.478 e. The third kappa shape index (κ3) is 3.68. The van der Waals surface area contributed by atoms with Crippen LogP contribution in [0.5, 0.6) is 0 Å². The fourth-order valence-corrected chi connectivity index (χ4v) is 1.85. The predicted molar refractivity (Wildman–Crippen MR) is 71.5 cm³/mol. The zero-order valence-electron chi connectivity index (χ0n) is 10.6. The van der Waals surface area contributed by atoms with Crippen LogP contribution in [0.2, 0.25) is 5.02 Å². The van der Waals surface area contributed by atoms with Crippen LogP contribution in [0.4, 0.5) is 0 Å². The fourth-order valence-electron chi connectivity index (χ4n) is 1.61. The number of benzene rings is 1. The number of nitrogens with two attached hydrogens (primary N) is 1. The summed E-state index contributed by atoms with van der Waals surface area (Å²) >= 11 is 5.93. The molecule has 0 aliphatic rings. The second-order valence-corrected chi connectivity index (χ2v) is 4.35. The van der Waals surface area contributed by atoms with E-state index in [-0.39, 0.29) is 29.3 Å². The molecule has 0 fully saturated rings. The van der Waals surface area contributed by atoms with Crippen LogP contribution in [-0.4, -0.2) is 23.7 Å². The summed E-state index contributed by atoms with van der Waals surface area (Å²) in [4.78, 5) is 23.1. The van der Waals surface area contributed by atoms with Gasteiger partial charge in [-0.3, -0.25) is 0 Å². The normalized spacial score (nSPS) is 10.3. The first-order valence-electron chi connectivity index (χ1n) is 5.94. The quantitative estimate of drug-likeness (QED) is 0.619. The van der Waals surface area contributed by atoms with Crippen molar-refractivity contribution in [3.63, 3.8) is 0 Å². The molecule has 0 heterocycles. The second kappa shape index (κ2) is 7.11. The number of unbranched alkanes of at least 4 members (excludes halogenated alkanes) is 1. The van der Waals surface area contributed by atoms with Crippen LogP contribution in [0.25, 0.3) is 0 Å². The number of halogens is 1. The molecule has 0 bridgehead atoms. The number of hydrogen-bond donors (Lipinski definition) is 2. The number of carboxylic acid groups (broad SMARTS) is 1. The molecule has 1 rings (SSSR count). The minimum atomic E-state index is -1.21. The molecule has 0 aromatic heterocycles. The van der Waals surface area contributed by atoms with E-state index in [0.717, 1.165) is 6.42 Å². The number of hydrogen-bond acceptors (Lipinski definition) is 4. The predicted octanol–water partition coefficient (Wildman–Crippen LogP) is 2.45. The van der Waals surface area contributed by atoms with Gasteiger partial charge in [-0.1, -0.05) is 24.9 Å². The average molecular weight is 286 g/mol. The van der Waals surface area contributed by atoms with E-state index in [0.29, 0.717) is 12.0 Å². The van der Waals surface area contributed by atoms with E-state index in [1.54, 1.807) is 0 Å². The summed E-state index contributed by atoms with van der Waals surface area (Å²) < 4.78 is 5.04. The second-order valence-electron chi connectivity index (χ2n) is 3.95. The lowest BCUT2D eigenvalue weighted by Gasteiger charge is -2.12. The Morgan fingerprint density at radius 1 is 1.42 bits per heavy atom. The summed E-state index contributed by atoms with van der Waals surface area (Å²) in [6.07, 6.45) is 1.59. The maximum Gasteiger partial charge on any atom is 0.339 e. The first-order chi connectivity index (χ1) is 9.02. The highest BCUT2D eigenvalue weighted by molar-refractivity contribution is 6.32. The molecule has 0 spiro atoms. The lowest BCUT2D eigenvalue weighted by atomic mass is 10.0. The van der Waals surface area contributed by atoms with Crippen molar-refractivity contribution < 1.29 is 19.4 Å². The monoisotopic (exact) mass is 285 g/mol. The highest BCUT2D eigenvalue weighted by atomic mass is 35.5. The van der Waals surface area contributed by atoms with Gasteiger partial charge < -0.3 is 15.6 Å². The summed E-state index contributed by atoms with van der Waals surface area (Å²) in [5, 5.41) is 9.36. The van der Waals surface area contributed by atoms with Gasteiger partial charge in [0.1, 0.15) is 0 Å². The van der Waals surface area contributed by atoms with E-state index in [1.165, 1.54) is 12.1 Å². The van der Waals surface area contributed by atoms with Gasteiger partial charge in [-0.2, -0.15) is 0 Å². The Morgan fingerprint density at radius 2 is 2.11 bits per heavy atom. The van der Waals surface area contributed by atoms with Crippen molar-refractivity contribution in [3.05, 3.63) is 33.8 Å². The standard InChI is InChI=1S/C13H16ClNO4/c1-2-3-6-19-13(18)11-8(12(16)17)4-5-10(14)9(11)7-15/h4-5H,2-3,6-7,15H2,1H3,(H,16,17). The third-order valence-corrected chi connectivity index (χ3v) is 2.98. The number of carbonyl (C=O) groups excluding carboxylic acids is 1. The number of rotatable bonds is 6. The number of esters is 1. The van der Waals surface area contributed by atoms with Crippen LogP contribution in [0.1, 0.15) is 46.0 Å². The Morgan fingerprint density at radius 3 is 2.63 bits per heavy atom. The van der Waals surface area contributed by atoms with Crippen molar-refractivity contribution in [3.8, 4) is 0 Å². The molecule has 0 aliphatic carbocycles. The smallest absolute Gasteiger partial charge is 0.339 e. The van der Waals surface area contributed by atoms with E-state index >= 15 is 0 Å². The molecule has 0 saturated heterocycles. The molecule has 0 unspecified atom stereocenters. The van der Waals surface area contributed by atoms with Crippen LogP contribution >= 0.6 is 11.6 Å². The molecule has 0 saturated carbocycles.